The molecular weight excluding hydrogens is 316 g/mol. The summed E-state index contributed by atoms with van der Waals surface area (Å²) in [6.45, 7) is 7.22. The van der Waals surface area contributed by atoms with Crippen molar-refractivity contribution in [3.05, 3.63) is 0 Å². The molecule has 0 spiro atoms. The van der Waals surface area contributed by atoms with Crippen molar-refractivity contribution in [2.45, 2.75) is 104 Å². The van der Waals surface area contributed by atoms with Gasteiger partial charge in [-0.15, -0.1) is 0 Å². The van der Waals surface area contributed by atoms with Crippen LogP contribution in [0.15, 0.2) is 0 Å². The van der Waals surface area contributed by atoms with Crippen LogP contribution in [-0.4, -0.2) is 25.2 Å². The molecular formula is C21H40O4. The van der Waals surface area contributed by atoms with E-state index >= 15 is 0 Å². The zero-order chi connectivity index (χ0) is 18.8. The predicted octanol–water partition coefficient (Wildman–Crippen LogP) is 5.82. The third-order valence-corrected chi connectivity index (χ3v) is 4.37. The largest absolute Gasteiger partial charge is 0.466 e. The fourth-order valence-corrected chi connectivity index (χ4v) is 2.58. The molecule has 0 N–H and O–H groups in total. The van der Waals surface area contributed by atoms with E-state index < -0.39 is 0 Å². The second kappa shape index (κ2) is 17.8. The highest BCUT2D eigenvalue weighted by Gasteiger charge is 2.09. The highest BCUT2D eigenvalue weighted by atomic mass is 16.5. The number of hydrogen-bond acceptors (Lipinski definition) is 4. The summed E-state index contributed by atoms with van der Waals surface area (Å²) in [5, 5.41) is 0. The lowest BCUT2D eigenvalue weighted by Gasteiger charge is -2.12. The van der Waals surface area contributed by atoms with Crippen molar-refractivity contribution in [2.24, 2.45) is 5.92 Å². The van der Waals surface area contributed by atoms with Crippen LogP contribution in [0, 0.1) is 5.92 Å². The summed E-state index contributed by atoms with van der Waals surface area (Å²) in [5.74, 6) is 0.0154. The molecule has 0 aliphatic carbocycles. The first-order chi connectivity index (χ1) is 12.1. The Morgan fingerprint density at radius 1 is 0.720 bits per heavy atom. The number of unbranched alkanes of at least 4 members (excludes halogenated alkanes) is 8. The Hall–Kier alpha value is -1.06. The zero-order valence-electron chi connectivity index (χ0n) is 16.8. The number of hydrogen-bond donors (Lipinski definition) is 0. The Labute approximate surface area is 155 Å². The zero-order valence-corrected chi connectivity index (χ0v) is 16.8. The maximum Gasteiger partial charge on any atom is 0.305 e. The van der Waals surface area contributed by atoms with Gasteiger partial charge in [0.15, 0.2) is 0 Å². The average Bonchev–Trinajstić information content (AvgIpc) is 2.59. The molecule has 0 bridgehead atoms. The summed E-state index contributed by atoms with van der Waals surface area (Å²) in [6.07, 6.45) is 13.1. The van der Waals surface area contributed by atoms with Crippen molar-refractivity contribution in [3.63, 3.8) is 0 Å². The van der Waals surface area contributed by atoms with E-state index in [1.54, 1.807) is 0 Å². The van der Waals surface area contributed by atoms with Gasteiger partial charge in [0, 0.05) is 12.8 Å². The van der Waals surface area contributed by atoms with Crippen LogP contribution in [0.5, 0.6) is 0 Å². The monoisotopic (exact) mass is 356 g/mol. The Bertz CT molecular complexity index is 328. The van der Waals surface area contributed by atoms with Crippen LogP contribution in [0.4, 0.5) is 0 Å². The second-order valence-electron chi connectivity index (χ2n) is 7.13. The minimum Gasteiger partial charge on any atom is -0.466 e. The standard InChI is InChI=1S/C21H40O4/c1-4-6-8-10-12-14-20(22)24-17-16-19(3)18-25-21(23)15-13-11-9-7-5-2/h19H,4-18H2,1-3H3. The molecule has 0 aliphatic rings. The van der Waals surface area contributed by atoms with Crippen molar-refractivity contribution >= 4 is 11.9 Å². The molecule has 4 heteroatoms. The highest BCUT2D eigenvalue weighted by molar-refractivity contribution is 5.69. The summed E-state index contributed by atoms with van der Waals surface area (Å²) in [5.41, 5.74) is 0. The molecule has 0 aromatic heterocycles. The summed E-state index contributed by atoms with van der Waals surface area (Å²) >= 11 is 0. The second-order valence-corrected chi connectivity index (χ2v) is 7.13. The first-order valence-corrected chi connectivity index (χ1v) is 10.4. The minimum atomic E-state index is -0.104. The molecule has 0 heterocycles. The quantitative estimate of drug-likeness (QED) is 0.243. The smallest absolute Gasteiger partial charge is 0.305 e. The van der Waals surface area contributed by atoms with Gasteiger partial charge in [-0.1, -0.05) is 72.1 Å². The maximum absolute atomic E-state index is 11.6. The van der Waals surface area contributed by atoms with Crippen LogP contribution < -0.4 is 0 Å². The average molecular weight is 357 g/mol. The molecule has 148 valence electrons. The van der Waals surface area contributed by atoms with Crippen molar-refractivity contribution in [2.75, 3.05) is 13.2 Å². The number of carbonyl (C=O) groups excluding carboxylic acids is 2. The van der Waals surface area contributed by atoms with Crippen LogP contribution in [0.1, 0.15) is 104 Å². The van der Waals surface area contributed by atoms with Gasteiger partial charge >= 0.3 is 11.9 Å². The summed E-state index contributed by atoms with van der Waals surface area (Å²) < 4.78 is 10.5. The minimum absolute atomic E-state index is 0.104. The van der Waals surface area contributed by atoms with Crippen LogP contribution in [-0.2, 0) is 19.1 Å². The number of carbonyl (C=O) groups is 2. The summed E-state index contributed by atoms with van der Waals surface area (Å²) in [6, 6.07) is 0. The van der Waals surface area contributed by atoms with E-state index in [1.165, 1.54) is 38.5 Å². The maximum atomic E-state index is 11.6. The Morgan fingerprint density at radius 3 is 1.72 bits per heavy atom. The molecule has 1 atom stereocenters. The van der Waals surface area contributed by atoms with E-state index in [4.69, 9.17) is 9.47 Å². The first-order valence-electron chi connectivity index (χ1n) is 10.4. The van der Waals surface area contributed by atoms with Crippen molar-refractivity contribution in [1.82, 2.24) is 0 Å². The van der Waals surface area contributed by atoms with Crippen molar-refractivity contribution < 1.29 is 19.1 Å². The van der Waals surface area contributed by atoms with Crippen molar-refractivity contribution in [3.8, 4) is 0 Å². The van der Waals surface area contributed by atoms with E-state index in [0.29, 0.717) is 26.1 Å². The van der Waals surface area contributed by atoms with Crippen LogP contribution >= 0.6 is 0 Å². The van der Waals surface area contributed by atoms with Crippen LogP contribution in [0.25, 0.3) is 0 Å². The Balaban J connectivity index is 3.49. The Kier molecular flexibility index (Phi) is 17.0. The molecule has 0 aromatic carbocycles. The number of ether oxygens (including phenoxy) is 2. The summed E-state index contributed by atoms with van der Waals surface area (Å²) in [4.78, 5) is 23.3. The third-order valence-electron chi connectivity index (χ3n) is 4.37. The van der Waals surface area contributed by atoms with Gasteiger partial charge in [-0.25, -0.2) is 0 Å². The molecule has 0 fully saturated rings. The molecule has 25 heavy (non-hydrogen) atoms. The highest BCUT2D eigenvalue weighted by Crippen LogP contribution is 2.09. The van der Waals surface area contributed by atoms with E-state index in [2.05, 4.69) is 13.8 Å². The van der Waals surface area contributed by atoms with Gasteiger partial charge < -0.3 is 9.47 Å². The topological polar surface area (TPSA) is 52.6 Å². The van der Waals surface area contributed by atoms with Gasteiger partial charge in [-0.05, 0) is 25.2 Å². The third kappa shape index (κ3) is 17.6. The van der Waals surface area contributed by atoms with E-state index in [9.17, 15) is 9.59 Å². The number of rotatable bonds is 17. The summed E-state index contributed by atoms with van der Waals surface area (Å²) in [7, 11) is 0. The van der Waals surface area contributed by atoms with E-state index in [0.717, 1.165) is 32.1 Å². The lowest BCUT2D eigenvalue weighted by atomic mass is 10.1. The molecule has 0 amide bonds. The lowest BCUT2D eigenvalue weighted by Crippen LogP contribution is -2.15. The predicted molar refractivity (Wildman–Crippen MR) is 102 cm³/mol. The first kappa shape index (κ1) is 23.9. The molecule has 0 aliphatic heterocycles. The molecule has 0 aromatic rings. The SMILES string of the molecule is CCCCCCCC(=O)OCCC(C)COC(=O)CCCCCCC. The van der Waals surface area contributed by atoms with Gasteiger partial charge in [-0.2, -0.15) is 0 Å². The van der Waals surface area contributed by atoms with Gasteiger partial charge in [0.1, 0.15) is 0 Å². The van der Waals surface area contributed by atoms with Gasteiger partial charge in [0.05, 0.1) is 13.2 Å². The van der Waals surface area contributed by atoms with Crippen molar-refractivity contribution in [1.29, 1.82) is 0 Å². The molecule has 0 rings (SSSR count). The van der Waals surface area contributed by atoms with Gasteiger partial charge in [0.2, 0.25) is 0 Å². The van der Waals surface area contributed by atoms with E-state index in [1.807, 2.05) is 6.92 Å². The van der Waals surface area contributed by atoms with Gasteiger partial charge in [0.25, 0.3) is 0 Å². The van der Waals surface area contributed by atoms with Crippen LogP contribution in [0.2, 0.25) is 0 Å². The Morgan fingerprint density at radius 2 is 1.20 bits per heavy atom. The van der Waals surface area contributed by atoms with Gasteiger partial charge in [-0.3, -0.25) is 9.59 Å². The molecule has 0 saturated heterocycles. The fourth-order valence-electron chi connectivity index (χ4n) is 2.58. The van der Waals surface area contributed by atoms with E-state index in [-0.39, 0.29) is 17.9 Å². The lowest BCUT2D eigenvalue weighted by molar-refractivity contribution is -0.147. The number of esters is 2. The molecule has 1 unspecified atom stereocenters. The molecule has 0 radical (unpaired) electrons. The normalized spacial score (nSPS) is 12.0. The molecule has 4 nitrogen and oxygen atoms in total. The molecule has 0 saturated carbocycles. The fraction of sp³-hybridized carbons (Fsp3) is 0.905. The van der Waals surface area contributed by atoms with Crippen LogP contribution in [0.3, 0.4) is 0 Å².